The van der Waals surface area contributed by atoms with E-state index in [9.17, 15) is 0 Å². The van der Waals surface area contributed by atoms with Gasteiger partial charge in [0.1, 0.15) is 0 Å². The molecule has 0 saturated carbocycles. The van der Waals surface area contributed by atoms with Crippen LogP contribution >= 0.6 is 45.3 Å². The van der Waals surface area contributed by atoms with E-state index in [-0.39, 0.29) is 0 Å². The number of aryl methyl sites for hydroxylation is 2. The normalized spacial score (nSPS) is 12.9. The van der Waals surface area contributed by atoms with Gasteiger partial charge in [0.25, 0.3) is 0 Å². The molecule has 0 atom stereocenters. The molecule has 0 aliphatic heterocycles. The van der Waals surface area contributed by atoms with E-state index in [2.05, 4.69) is 103 Å². The van der Waals surface area contributed by atoms with Gasteiger partial charge in [0, 0.05) is 0 Å². The van der Waals surface area contributed by atoms with E-state index in [4.69, 9.17) is 0 Å². The van der Waals surface area contributed by atoms with Gasteiger partial charge in [0.2, 0.25) is 0 Å². The fourth-order valence-corrected chi connectivity index (χ4v) is 19.4. The van der Waals surface area contributed by atoms with E-state index < -0.39 is 36.8 Å². The molecule has 0 spiro atoms. The summed E-state index contributed by atoms with van der Waals surface area (Å²) in [6.45, 7) is 4.56. The van der Waals surface area contributed by atoms with Crippen LogP contribution in [0.2, 0.25) is 29.6 Å². The molecule has 0 bridgehead atoms. The Balaban J connectivity index is 1.97. The molecule has 0 N–H and O–H groups in total. The van der Waals surface area contributed by atoms with Gasteiger partial charge >= 0.3 is 231 Å². The Morgan fingerprint density at radius 1 is 0.559 bits per heavy atom. The molecule has 1 aromatic carbocycles. The van der Waals surface area contributed by atoms with Crippen LogP contribution in [0.4, 0.5) is 0 Å². The van der Waals surface area contributed by atoms with E-state index in [1.165, 1.54) is 50.8 Å². The molecule has 0 aliphatic carbocycles. The quantitative estimate of drug-likeness (QED) is 0.152. The third kappa shape index (κ3) is 4.62. The molecular formula is C28H34S4Sn2. The topological polar surface area (TPSA) is 0 Å². The molecule has 4 heterocycles. The third-order valence-corrected chi connectivity index (χ3v) is 30.1. The summed E-state index contributed by atoms with van der Waals surface area (Å²) in [7, 11) is 0. The van der Waals surface area contributed by atoms with Crippen molar-refractivity contribution in [1.82, 2.24) is 0 Å². The summed E-state index contributed by atoms with van der Waals surface area (Å²) in [4.78, 5) is 21.3. The molecule has 4 aromatic heterocycles. The fraction of sp³-hybridized carbons (Fsp3) is 0.357. The van der Waals surface area contributed by atoms with Crippen LogP contribution < -0.4 is 5.79 Å². The van der Waals surface area contributed by atoms with Crippen molar-refractivity contribution in [2.75, 3.05) is 0 Å². The molecule has 0 amide bonds. The molecule has 34 heavy (non-hydrogen) atoms. The molecule has 0 saturated heterocycles. The van der Waals surface area contributed by atoms with Crippen LogP contribution in [0.25, 0.3) is 41.1 Å². The Morgan fingerprint density at radius 3 is 1.24 bits per heavy atom. The zero-order chi connectivity index (χ0) is 24.4. The molecule has 0 fully saturated rings. The van der Waals surface area contributed by atoms with Crippen LogP contribution in [0.5, 0.6) is 0 Å². The van der Waals surface area contributed by atoms with E-state index in [1.807, 2.05) is 22.7 Å². The van der Waals surface area contributed by atoms with Crippen LogP contribution in [-0.4, -0.2) is 36.8 Å². The predicted octanol–water partition coefficient (Wildman–Crippen LogP) is 9.79. The number of hydrogen-bond acceptors (Lipinski definition) is 4. The van der Waals surface area contributed by atoms with Crippen molar-refractivity contribution >= 4 is 108 Å². The second kappa shape index (κ2) is 9.46. The van der Waals surface area contributed by atoms with Gasteiger partial charge in [-0.1, -0.05) is 0 Å². The van der Waals surface area contributed by atoms with E-state index >= 15 is 0 Å². The molecule has 0 nitrogen and oxygen atoms in total. The van der Waals surface area contributed by atoms with Crippen LogP contribution in [-0.2, 0) is 12.8 Å². The van der Waals surface area contributed by atoms with Gasteiger partial charge in [-0.25, -0.2) is 0 Å². The van der Waals surface area contributed by atoms with Gasteiger partial charge in [-0.15, -0.1) is 0 Å². The summed E-state index contributed by atoms with van der Waals surface area (Å²) < 4.78 is 6.46. The minimum atomic E-state index is -2.23. The van der Waals surface area contributed by atoms with Crippen molar-refractivity contribution in [1.29, 1.82) is 0 Å². The maximum absolute atomic E-state index is 2.62. The second-order valence-corrected chi connectivity index (χ2v) is 46.5. The average molecular weight is 736 g/mol. The van der Waals surface area contributed by atoms with E-state index in [0.29, 0.717) is 0 Å². The predicted molar refractivity (Wildman–Crippen MR) is 169 cm³/mol. The summed E-state index contributed by atoms with van der Waals surface area (Å²) in [6, 6.07) is 14.7. The summed E-state index contributed by atoms with van der Waals surface area (Å²) in [6.07, 6.45) is 2.23. The van der Waals surface area contributed by atoms with Crippen molar-refractivity contribution < 1.29 is 0 Å². The number of hydrogen-bond donors (Lipinski definition) is 0. The number of benzene rings is 1. The summed E-state index contributed by atoms with van der Waals surface area (Å²) >= 11 is 3.80. The van der Waals surface area contributed by atoms with Crippen molar-refractivity contribution in [3.8, 4) is 20.9 Å². The van der Waals surface area contributed by atoms with Gasteiger partial charge in [-0.2, -0.15) is 0 Å². The van der Waals surface area contributed by atoms with Crippen molar-refractivity contribution in [3.63, 3.8) is 0 Å². The second-order valence-electron chi connectivity index (χ2n) is 11.2. The summed E-state index contributed by atoms with van der Waals surface area (Å²) in [5, 5.41) is 3.03. The van der Waals surface area contributed by atoms with Gasteiger partial charge in [0.15, 0.2) is 0 Å². The molecule has 0 unspecified atom stereocenters. The van der Waals surface area contributed by atoms with Crippen molar-refractivity contribution in [3.05, 3.63) is 46.2 Å². The monoisotopic (exact) mass is 738 g/mol. The standard InChI is InChI=1S/C22H16S4.6CH3.2Sn/c1-3-13-5-7-17(25-13)19-15-9-11-24-22(15)20(16-10-12-23-21(16)19)18-8-6-14(4-2)26-18;;;;;;;;/h5-10H,3-4H2,1-2H3;6*1H3;;. The van der Waals surface area contributed by atoms with Gasteiger partial charge in [-0.3, -0.25) is 0 Å². The van der Waals surface area contributed by atoms with Crippen LogP contribution in [0.15, 0.2) is 36.4 Å². The zero-order valence-electron chi connectivity index (χ0n) is 21.5. The Kier molecular flexibility index (Phi) is 7.17. The Hall–Kier alpha value is 0.137. The SMILES string of the molecule is CCc1ccc(-c2c3c[c]([Sn]([CH3])([CH3])[CH3])sc3c(-c3ccc(CC)s3)c3c[c]([Sn]([CH3])([CH3])[CH3])sc23)s1. The molecule has 5 aromatic rings. The first-order valence-corrected chi connectivity index (χ1v) is 35.5. The van der Waals surface area contributed by atoms with Gasteiger partial charge in [0.05, 0.1) is 0 Å². The van der Waals surface area contributed by atoms with Crippen LogP contribution in [0, 0.1) is 0 Å². The van der Waals surface area contributed by atoms with Crippen molar-refractivity contribution in [2.45, 2.75) is 56.3 Å². The third-order valence-electron chi connectivity index (χ3n) is 6.45. The first kappa shape index (κ1) is 25.8. The van der Waals surface area contributed by atoms with E-state index in [0.717, 1.165) is 12.8 Å². The Labute approximate surface area is 228 Å². The molecule has 178 valence electrons. The van der Waals surface area contributed by atoms with Crippen LogP contribution in [0.3, 0.4) is 0 Å². The summed E-state index contributed by atoms with van der Waals surface area (Å²) in [5.74, 6) is 0. The number of thiophene rings is 4. The Bertz CT molecular complexity index is 1330. The maximum atomic E-state index is 2.62. The fourth-order valence-electron chi connectivity index (χ4n) is 4.40. The summed E-state index contributed by atoms with van der Waals surface area (Å²) in [5.41, 5.74) is 3.05. The number of fused-ring (bicyclic) bond motifs is 2. The zero-order valence-corrected chi connectivity index (χ0v) is 30.5. The molecule has 5 rings (SSSR count). The van der Waals surface area contributed by atoms with E-state index in [1.54, 1.807) is 5.79 Å². The molecular weight excluding hydrogens is 702 g/mol. The van der Waals surface area contributed by atoms with Gasteiger partial charge in [-0.05, 0) is 0 Å². The van der Waals surface area contributed by atoms with Crippen molar-refractivity contribution in [2.24, 2.45) is 0 Å². The minimum absolute atomic E-state index is 1.12. The Morgan fingerprint density at radius 2 is 0.941 bits per heavy atom. The first-order valence-electron chi connectivity index (χ1n) is 12.2. The molecule has 0 radical (unpaired) electrons. The molecule has 0 aliphatic rings. The van der Waals surface area contributed by atoms with Gasteiger partial charge < -0.3 is 0 Å². The molecule has 6 heteroatoms. The average Bonchev–Trinajstić information content (AvgIpc) is 3.55. The van der Waals surface area contributed by atoms with Crippen LogP contribution in [0.1, 0.15) is 23.6 Å². The number of rotatable bonds is 6. The first-order chi connectivity index (χ1) is 16.0.